The van der Waals surface area contributed by atoms with E-state index in [1.54, 1.807) is 4.68 Å². The zero-order valence-electron chi connectivity index (χ0n) is 10.5. The Balaban J connectivity index is 2.31. The topological polar surface area (TPSA) is 70.0 Å². The molecule has 19 heavy (non-hydrogen) atoms. The maximum absolute atomic E-state index is 12.4. The van der Waals surface area contributed by atoms with Gasteiger partial charge in [-0.2, -0.15) is 0 Å². The van der Waals surface area contributed by atoms with E-state index in [2.05, 4.69) is 0 Å². The number of amides is 1. The number of hydrogen-bond donors (Lipinski definition) is 1. The number of para-hydroxylation sites is 1. The third kappa shape index (κ3) is 1.78. The molecule has 1 aliphatic rings. The molecule has 2 N–H and O–H groups in total. The molecule has 1 amide bonds. The summed E-state index contributed by atoms with van der Waals surface area (Å²) < 4.78 is 3.45. The van der Waals surface area contributed by atoms with E-state index in [4.69, 9.17) is 5.73 Å². The zero-order valence-corrected chi connectivity index (χ0v) is 10.5. The number of rotatable bonds is 2. The Kier molecular flexibility index (Phi) is 2.74. The Labute approximate surface area is 110 Å². The van der Waals surface area contributed by atoms with Crippen molar-refractivity contribution < 1.29 is 4.79 Å². The first-order valence-corrected chi connectivity index (χ1v) is 6.40. The van der Waals surface area contributed by atoms with E-state index in [1.807, 2.05) is 35.0 Å². The van der Waals surface area contributed by atoms with E-state index in [0.717, 1.165) is 37.2 Å². The number of benzene rings is 1. The molecule has 0 aliphatic carbocycles. The third-order valence-corrected chi connectivity index (χ3v) is 3.53. The minimum Gasteiger partial charge on any atom is -0.365 e. The summed E-state index contributed by atoms with van der Waals surface area (Å²) in [5, 5.41) is 0. The highest BCUT2D eigenvalue weighted by molar-refractivity contribution is 5.93. The van der Waals surface area contributed by atoms with Gasteiger partial charge in [0.05, 0.1) is 11.4 Å². The molecule has 5 nitrogen and oxygen atoms in total. The first-order chi connectivity index (χ1) is 9.20. The minimum atomic E-state index is -0.634. The molecule has 0 unspecified atom stereocenters. The summed E-state index contributed by atoms with van der Waals surface area (Å²) in [6, 6.07) is 9.34. The molecule has 1 aromatic heterocycles. The first-order valence-electron chi connectivity index (χ1n) is 6.40. The molecule has 1 aliphatic heterocycles. The van der Waals surface area contributed by atoms with Crippen molar-refractivity contribution in [3.8, 4) is 5.69 Å². The average Bonchev–Trinajstić information content (AvgIpc) is 2.71. The molecule has 0 spiro atoms. The maximum atomic E-state index is 12.4. The van der Waals surface area contributed by atoms with Crippen LogP contribution in [-0.2, 0) is 13.0 Å². The van der Waals surface area contributed by atoms with Gasteiger partial charge in [0.15, 0.2) is 0 Å². The Morgan fingerprint density at radius 1 is 1.16 bits per heavy atom. The van der Waals surface area contributed by atoms with Crippen molar-refractivity contribution in [1.29, 1.82) is 0 Å². The van der Waals surface area contributed by atoms with Crippen LogP contribution in [0.2, 0.25) is 0 Å². The lowest BCUT2D eigenvalue weighted by Crippen LogP contribution is -2.26. The number of hydrogen-bond acceptors (Lipinski definition) is 2. The molecule has 0 radical (unpaired) electrons. The predicted octanol–water partition coefficient (Wildman–Crippen LogP) is 1.07. The number of aromatic nitrogens is 2. The van der Waals surface area contributed by atoms with Gasteiger partial charge < -0.3 is 5.73 Å². The average molecular weight is 257 g/mol. The van der Waals surface area contributed by atoms with Gasteiger partial charge in [-0.1, -0.05) is 18.2 Å². The Morgan fingerprint density at radius 2 is 1.89 bits per heavy atom. The highest BCUT2D eigenvalue weighted by atomic mass is 16.2. The van der Waals surface area contributed by atoms with E-state index < -0.39 is 5.91 Å². The van der Waals surface area contributed by atoms with Crippen molar-refractivity contribution in [2.75, 3.05) is 0 Å². The van der Waals surface area contributed by atoms with Crippen LogP contribution < -0.4 is 11.3 Å². The summed E-state index contributed by atoms with van der Waals surface area (Å²) in [7, 11) is 0. The lowest BCUT2D eigenvalue weighted by atomic mass is 10.1. The van der Waals surface area contributed by atoms with Crippen LogP contribution in [0.1, 0.15) is 28.9 Å². The van der Waals surface area contributed by atoms with E-state index >= 15 is 0 Å². The predicted molar refractivity (Wildman–Crippen MR) is 71.5 cm³/mol. The van der Waals surface area contributed by atoms with Gasteiger partial charge in [-0.15, -0.1) is 0 Å². The summed E-state index contributed by atoms with van der Waals surface area (Å²) in [5.41, 5.74) is 6.73. The van der Waals surface area contributed by atoms with Gasteiger partial charge in [0.25, 0.3) is 11.5 Å². The highest BCUT2D eigenvalue weighted by Gasteiger charge is 2.25. The standard InChI is InChI=1S/C14H15N3O2/c15-13(18)12-11-8-4-5-9-16(11)17(14(12)19)10-6-2-1-3-7-10/h1-3,6-7H,4-5,8-9H2,(H2,15,18). The number of nitrogens with two attached hydrogens (primary N) is 1. The molecule has 2 heterocycles. The quantitative estimate of drug-likeness (QED) is 0.874. The van der Waals surface area contributed by atoms with Crippen molar-refractivity contribution in [1.82, 2.24) is 9.36 Å². The van der Waals surface area contributed by atoms with Crippen LogP contribution in [0.25, 0.3) is 5.69 Å². The van der Waals surface area contributed by atoms with Gasteiger partial charge in [-0.25, -0.2) is 4.68 Å². The number of fused-ring (bicyclic) bond motifs is 1. The van der Waals surface area contributed by atoms with Crippen molar-refractivity contribution in [2.24, 2.45) is 5.73 Å². The smallest absolute Gasteiger partial charge is 0.284 e. The summed E-state index contributed by atoms with van der Waals surface area (Å²) in [6.07, 6.45) is 2.72. The Bertz CT molecular complexity index is 683. The van der Waals surface area contributed by atoms with Gasteiger partial charge >= 0.3 is 0 Å². The maximum Gasteiger partial charge on any atom is 0.284 e. The van der Waals surface area contributed by atoms with E-state index in [-0.39, 0.29) is 11.1 Å². The van der Waals surface area contributed by atoms with Crippen molar-refractivity contribution in [3.05, 3.63) is 51.9 Å². The molecule has 0 bridgehead atoms. The van der Waals surface area contributed by atoms with Gasteiger partial charge in [0.1, 0.15) is 5.56 Å². The largest absolute Gasteiger partial charge is 0.365 e. The third-order valence-electron chi connectivity index (χ3n) is 3.53. The highest BCUT2D eigenvalue weighted by Crippen LogP contribution is 2.19. The van der Waals surface area contributed by atoms with E-state index in [1.165, 1.54) is 0 Å². The molecular formula is C14H15N3O2. The van der Waals surface area contributed by atoms with Crippen LogP contribution in [-0.4, -0.2) is 15.3 Å². The number of carbonyl (C=O) groups excluding carboxylic acids is 1. The number of carbonyl (C=O) groups is 1. The van der Waals surface area contributed by atoms with Crippen LogP contribution in [0, 0.1) is 0 Å². The summed E-state index contributed by atoms with van der Waals surface area (Å²) in [4.78, 5) is 24.0. The van der Waals surface area contributed by atoms with Crippen molar-refractivity contribution in [3.63, 3.8) is 0 Å². The van der Waals surface area contributed by atoms with Crippen LogP contribution in [0.5, 0.6) is 0 Å². The second-order valence-electron chi connectivity index (χ2n) is 4.72. The van der Waals surface area contributed by atoms with E-state index in [0.29, 0.717) is 0 Å². The fourth-order valence-corrected chi connectivity index (χ4v) is 2.71. The van der Waals surface area contributed by atoms with Crippen LogP contribution in [0.4, 0.5) is 0 Å². The van der Waals surface area contributed by atoms with Crippen LogP contribution >= 0.6 is 0 Å². The molecule has 98 valence electrons. The molecule has 0 atom stereocenters. The summed E-state index contributed by atoms with van der Waals surface area (Å²) in [5.74, 6) is -0.634. The zero-order chi connectivity index (χ0) is 13.4. The molecule has 0 saturated carbocycles. The molecule has 1 aromatic carbocycles. The number of primary amides is 1. The molecule has 2 aromatic rings. The monoisotopic (exact) mass is 257 g/mol. The second kappa shape index (κ2) is 4.42. The summed E-state index contributed by atoms with van der Waals surface area (Å²) in [6.45, 7) is 0.743. The minimum absolute atomic E-state index is 0.142. The van der Waals surface area contributed by atoms with Gasteiger partial charge in [0, 0.05) is 6.54 Å². The molecular weight excluding hydrogens is 242 g/mol. The molecule has 5 heteroatoms. The fourth-order valence-electron chi connectivity index (χ4n) is 2.71. The van der Waals surface area contributed by atoms with Gasteiger partial charge in [-0.3, -0.25) is 14.3 Å². The first kappa shape index (κ1) is 11.8. The van der Waals surface area contributed by atoms with Crippen LogP contribution in [0.15, 0.2) is 35.1 Å². The SMILES string of the molecule is NC(=O)c1c2n(n(-c3ccccc3)c1=O)CCCC2. The molecule has 3 rings (SSSR count). The van der Waals surface area contributed by atoms with Gasteiger partial charge in [-0.05, 0) is 31.4 Å². The molecule has 0 saturated heterocycles. The number of nitrogens with zero attached hydrogens (tertiary/aromatic N) is 2. The fraction of sp³-hybridized carbons (Fsp3) is 0.286. The summed E-state index contributed by atoms with van der Waals surface area (Å²) >= 11 is 0. The van der Waals surface area contributed by atoms with Crippen LogP contribution in [0.3, 0.4) is 0 Å². The molecule has 0 fully saturated rings. The lowest BCUT2D eigenvalue weighted by Gasteiger charge is -2.19. The van der Waals surface area contributed by atoms with Crippen molar-refractivity contribution in [2.45, 2.75) is 25.8 Å². The second-order valence-corrected chi connectivity index (χ2v) is 4.72. The Hall–Kier alpha value is -2.30. The van der Waals surface area contributed by atoms with Gasteiger partial charge in [0.2, 0.25) is 0 Å². The van der Waals surface area contributed by atoms with E-state index in [9.17, 15) is 9.59 Å². The normalized spacial score (nSPS) is 14.1. The Morgan fingerprint density at radius 3 is 2.58 bits per heavy atom. The van der Waals surface area contributed by atoms with Crippen molar-refractivity contribution >= 4 is 5.91 Å². The lowest BCUT2D eigenvalue weighted by molar-refractivity contribution is 0.0998.